The van der Waals surface area contributed by atoms with E-state index in [1.54, 1.807) is 6.08 Å². The summed E-state index contributed by atoms with van der Waals surface area (Å²) in [5.74, 6) is 12.6. The third kappa shape index (κ3) is 5.61. The second-order valence-electron chi connectivity index (χ2n) is 8.26. The highest BCUT2D eigenvalue weighted by atomic mass is 28.4. The minimum Gasteiger partial charge on any atom is -0.403 e. The lowest BCUT2D eigenvalue weighted by atomic mass is 10.0. The fraction of sp³-hybridized carbons (Fsp3) is 0.478. The minimum absolute atomic E-state index is 0.109. The Morgan fingerprint density at radius 1 is 1.19 bits per heavy atom. The van der Waals surface area contributed by atoms with E-state index < -0.39 is 14.4 Å². The first-order valence-corrected chi connectivity index (χ1v) is 12.2. The summed E-state index contributed by atoms with van der Waals surface area (Å²) in [4.78, 5) is 0. The molecule has 0 fully saturated rings. The largest absolute Gasteiger partial charge is 0.403 e. The van der Waals surface area contributed by atoms with Gasteiger partial charge in [-0.1, -0.05) is 74.8 Å². The predicted molar refractivity (Wildman–Crippen MR) is 111 cm³/mol. The fourth-order valence-corrected chi connectivity index (χ4v) is 3.67. The van der Waals surface area contributed by atoms with Crippen molar-refractivity contribution in [1.29, 1.82) is 0 Å². The van der Waals surface area contributed by atoms with Crippen molar-refractivity contribution in [2.45, 2.75) is 70.4 Å². The van der Waals surface area contributed by atoms with Gasteiger partial charge in [-0.3, -0.25) is 0 Å². The van der Waals surface area contributed by atoms with Crippen molar-refractivity contribution in [3.8, 4) is 23.7 Å². The lowest BCUT2D eigenvalue weighted by molar-refractivity contribution is 0.217. The first-order chi connectivity index (χ1) is 12.2. The Bertz CT molecular complexity index is 749. The number of rotatable bonds is 4. The molecule has 138 valence electrons. The van der Waals surface area contributed by atoms with Crippen LogP contribution >= 0.6 is 0 Å². The molecule has 0 bridgehead atoms. The van der Waals surface area contributed by atoms with Crippen molar-refractivity contribution in [2.24, 2.45) is 0 Å². The van der Waals surface area contributed by atoms with Crippen LogP contribution < -0.4 is 0 Å². The SMILES string of the molecule is CC(C)(C)[Si](C)(C)OC1C#C/C(C(O)c2ccccc2)=C\C#CCCC1. The molecule has 0 amide bonds. The van der Waals surface area contributed by atoms with Gasteiger partial charge >= 0.3 is 0 Å². The van der Waals surface area contributed by atoms with Crippen molar-refractivity contribution >= 4 is 8.32 Å². The summed E-state index contributed by atoms with van der Waals surface area (Å²) in [6.07, 6.45) is 3.56. The van der Waals surface area contributed by atoms with E-state index in [1.807, 2.05) is 30.3 Å². The van der Waals surface area contributed by atoms with Crippen LogP contribution in [0.25, 0.3) is 0 Å². The number of hydrogen-bond acceptors (Lipinski definition) is 2. The summed E-state index contributed by atoms with van der Waals surface area (Å²) in [6.45, 7) is 11.2. The Balaban J connectivity index is 2.27. The molecule has 2 unspecified atom stereocenters. The van der Waals surface area contributed by atoms with E-state index in [2.05, 4.69) is 57.5 Å². The topological polar surface area (TPSA) is 29.5 Å². The molecule has 1 aliphatic rings. The van der Waals surface area contributed by atoms with Gasteiger partial charge < -0.3 is 9.53 Å². The molecule has 0 aliphatic heterocycles. The molecular formula is C23H30O2Si. The van der Waals surface area contributed by atoms with E-state index >= 15 is 0 Å². The summed E-state index contributed by atoms with van der Waals surface area (Å²) < 4.78 is 6.52. The van der Waals surface area contributed by atoms with Crippen LogP contribution in [0, 0.1) is 23.7 Å². The molecule has 1 aromatic carbocycles. The number of aliphatic hydroxyl groups excluding tert-OH is 1. The summed E-state index contributed by atoms with van der Waals surface area (Å²) in [5.41, 5.74) is 1.46. The molecule has 0 heterocycles. The van der Waals surface area contributed by atoms with Gasteiger partial charge in [0, 0.05) is 18.1 Å². The lowest BCUT2D eigenvalue weighted by Gasteiger charge is -2.38. The molecule has 0 radical (unpaired) electrons. The molecular weight excluding hydrogens is 336 g/mol. The highest BCUT2D eigenvalue weighted by Gasteiger charge is 2.38. The normalized spacial score (nSPS) is 21.3. The number of benzene rings is 1. The van der Waals surface area contributed by atoms with Crippen LogP contribution in [0.3, 0.4) is 0 Å². The fourth-order valence-electron chi connectivity index (χ4n) is 2.43. The van der Waals surface area contributed by atoms with E-state index in [0.29, 0.717) is 5.57 Å². The van der Waals surface area contributed by atoms with Crippen LogP contribution in [0.1, 0.15) is 51.7 Å². The molecule has 26 heavy (non-hydrogen) atoms. The Kier molecular flexibility index (Phi) is 6.90. The average molecular weight is 367 g/mol. The first-order valence-electron chi connectivity index (χ1n) is 9.31. The quantitative estimate of drug-likeness (QED) is 0.584. The van der Waals surface area contributed by atoms with Gasteiger partial charge in [-0.25, -0.2) is 0 Å². The first kappa shape index (κ1) is 20.5. The van der Waals surface area contributed by atoms with Crippen molar-refractivity contribution in [3.05, 3.63) is 47.5 Å². The van der Waals surface area contributed by atoms with E-state index in [-0.39, 0.29) is 11.1 Å². The Morgan fingerprint density at radius 3 is 2.54 bits per heavy atom. The predicted octanol–water partition coefficient (Wildman–Crippen LogP) is 5.23. The van der Waals surface area contributed by atoms with Crippen molar-refractivity contribution in [3.63, 3.8) is 0 Å². The zero-order chi connectivity index (χ0) is 19.2. The third-order valence-electron chi connectivity index (χ3n) is 5.13. The van der Waals surface area contributed by atoms with E-state index in [1.165, 1.54) is 0 Å². The smallest absolute Gasteiger partial charge is 0.193 e. The van der Waals surface area contributed by atoms with Crippen LogP contribution in [0.2, 0.25) is 18.1 Å². The Hall–Kier alpha value is -1.78. The molecule has 0 saturated carbocycles. The maximum atomic E-state index is 10.7. The highest BCUT2D eigenvalue weighted by molar-refractivity contribution is 6.74. The standard InChI is InChI=1S/C23H30O2Si/c1-23(2,3)26(4,5)25-21-16-12-7-6-9-15-20(17-18-21)22(24)19-13-10-8-11-14-19/h8,10-11,13-15,21-22,24H,7,12,16H2,1-5H3/b20-15+. The average Bonchev–Trinajstić information content (AvgIpc) is 2.59. The second kappa shape index (κ2) is 8.74. The van der Waals surface area contributed by atoms with Crippen molar-refractivity contribution < 1.29 is 9.53 Å². The molecule has 2 nitrogen and oxygen atoms in total. The van der Waals surface area contributed by atoms with Crippen molar-refractivity contribution in [1.82, 2.24) is 0 Å². The summed E-state index contributed by atoms with van der Waals surface area (Å²) in [7, 11) is -1.89. The number of aliphatic hydroxyl groups is 1. The Labute approximate surface area is 159 Å². The van der Waals surface area contributed by atoms with Gasteiger partial charge in [0.1, 0.15) is 12.2 Å². The summed E-state index contributed by atoms with van der Waals surface area (Å²) in [5, 5.41) is 10.8. The molecule has 2 rings (SSSR count). The van der Waals surface area contributed by atoms with Crippen LogP contribution in [-0.4, -0.2) is 19.5 Å². The van der Waals surface area contributed by atoms with E-state index in [4.69, 9.17) is 4.43 Å². The molecule has 0 aromatic heterocycles. The molecule has 1 aromatic rings. The summed E-state index contributed by atoms with van der Waals surface area (Å²) >= 11 is 0. The molecule has 3 heteroatoms. The Morgan fingerprint density at radius 2 is 1.88 bits per heavy atom. The minimum atomic E-state index is -1.89. The molecule has 0 saturated heterocycles. The summed E-state index contributed by atoms with van der Waals surface area (Å²) in [6, 6.07) is 9.59. The van der Waals surface area contributed by atoms with E-state index in [9.17, 15) is 5.11 Å². The van der Waals surface area contributed by atoms with Gasteiger partial charge in [-0.2, -0.15) is 0 Å². The highest BCUT2D eigenvalue weighted by Crippen LogP contribution is 2.37. The van der Waals surface area contributed by atoms with Crippen LogP contribution in [0.5, 0.6) is 0 Å². The number of allylic oxidation sites excluding steroid dienone is 1. The van der Waals surface area contributed by atoms with Gasteiger partial charge in [-0.15, -0.1) is 0 Å². The van der Waals surface area contributed by atoms with Gasteiger partial charge in [0.25, 0.3) is 0 Å². The third-order valence-corrected chi connectivity index (χ3v) is 9.61. The molecule has 0 spiro atoms. The zero-order valence-electron chi connectivity index (χ0n) is 16.6. The van der Waals surface area contributed by atoms with Crippen molar-refractivity contribution in [2.75, 3.05) is 0 Å². The van der Waals surface area contributed by atoms with Gasteiger partial charge in [0.15, 0.2) is 8.32 Å². The van der Waals surface area contributed by atoms with Gasteiger partial charge in [0.05, 0.1) is 0 Å². The second-order valence-corrected chi connectivity index (χ2v) is 13.0. The van der Waals surface area contributed by atoms with Gasteiger partial charge in [0.2, 0.25) is 0 Å². The van der Waals surface area contributed by atoms with E-state index in [0.717, 1.165) is 24.8 Å². The van der Waals surface area contributed by atoms with Crippen LogP contribution in [0.15, 0.2) is 42.0 Å². The number of hydrogen-bond donors (Lipinski definition) is 1. The van der Waals surface area contributed by atoms with Crippen LogP contribution in [-0.2, 0) is 4.43 Å². The maximum absolute atomic E-state index is 10.7. The zero-order valence-corrected chi connectivity index (χ0v) is 17.6. The molecule has 1 N–H and O–H groups in total. The molecule has 2 atom stereocenters. The lowest BCUT2D eigenvalue weighted by Crippen LogP contribution is -2.43. The maximum Gasteiger partial charge on any atom is 0.193 e. The molecule has 1 aliphatic carbocycles. The van der Waals surface area contributed by atoms with Gasteiger partial charge in [-0.05, 0) is 36.5 Å². The van der Waals surface area contributed by atoms with Crippen LogP contribution in [0.4, 0.5) is 0 Å². The monoisotopic (exact) mass is 366 g/mol.